The lowest BCUT2D eigenvalue weighted by Gasteiger charge is -2.05. The van der Waals surface area contributed by atoms with E-state index in [0.717, 1.165) is 16.8 Å². The zero-order chi connectivity index (χ0) is 12.8. The molecule has 2 rings (SSSR count). The molecule has 0 aliphatic carbocycles. The highest BCUT2D eigenvalue weighted by molar-refractivity contribution is 5.98. The van der Waals surface area contributed by atoms with Crippen LogP contribution in [0.15, 0.2) is 58.9 Å². The first-order valence-electron chi connectivity index (χ1n) is 5.36. The molecule has 2 aromatic rings. The number of nitrogens with one attached hydrogen (secondary N) is 1. The van der Waals surface area contributed by atoms with Crippen LogP contribution in [0, 0.1) is 0 Å². The summed E-state index contributed by atoms with van der Waals surface area (Å²) in [5.41, 5.74) is 5.42. The predicted molar refractivity (Wildman–Crippen MR) is 73.1 cm³/mol. The van der Waals surface area contributed by atoms with Gasteiger partial charge in [0.15, 0.2) is 5.84 Å². The first-order valence-corrected chi connectivity index (χ1v) is 5.36. The first kappa shape index (κ1) is 11.8. The maximum absolute atomic E-state index is 5.27. The van der Waals surface area contributed by atoms with Crippen LogP contribution in [0.2, 0.25) is 0 Å². The number of benzene rings is 1. The van der Waals surface area contributed by atoms with Crippen molar-refractivity contribution < 1.29 is 0 Å². The van der Waals surface area contributed by atoms with Gasteiger partial charge in [-0.3, -0.25) is 10.4 Å². The van der Waals surface area contributed by atoms with Crippen LogP contribution in [-0.4, -0.2) is 17.5 Å². The lowest BCUT2D eigenvalue weighted by Crippen LogP contribution is -2.20. The highest BCUT2D eigenvalue weighted by atomic mass is 15.3. The fourth-order valence-electron chi connectivity index (χ4n) is 1.58. The molecule has 1 aromatic carbocycles. The standard InChI is InChI=1S/C13H13N5/c1-15-18-13(17-14)11-7-5-10(6-8-11)12-4-2-3-9-16-12/h2-9H,1,14H2,(H,17,18). The minimum Gasteiger partial charge on any atom is -0.321 e. The Morgan fingerprint density at radius 3 is 2.50 bits per heavy atom. The van der Waals surface area contributed by atoms with Crippen LogP contribution in [0.3, 0.4) is 0 Å². The van der Waals surface area contributed by atoms with E-state index in [2.05, 4.69) is 27.3 Å². The second-order valence-electron chi connectivity index (χ2n) is 3.54. The minimum absolute atomic E-state index is 0.470. The van der Waals surface area contributed by atoms with Gasteiger partial charge in [-0.25, -0.2) is 0 Å². The number of nitrogens with two attached hydrogens (primary N) is 1. The first-order chi connectivity index (χ1) is 8.85. The second kappa shape index (κ2) is 5.58. The van der Waals surface area contributed by atoms with Gasteiger partial charge in [-0.05, 0) is 12.1 Å². The fourth-order valence-corrected chi connectivity index (χ4v) is 1.58. The molecule has 0 saturated heterocycles. The molecular weight excluding hydrogens is 226 g/mol. The van der Waals surface area contributed by atoms with Gasteiger partial charge in [-0.1, -0.05) is 30.3 Å². The lowest BCUT2D eigenvalue weighted by atomic mass is 10.1. The van der Waals surface area contributed by atoms with E-state index < -0.39 is 0 Å². The SMILES string of the molecule is C=NN/C(=N\N)c1ccc(-c2ccccn2)cc1. The molecule has 3 N–H and O–H groups in total. The molecule has 0 aliphatic rings. The summed E-state index contributed by atoms with van der Waals surface area (Å²) in [6, 6.07) is 13.5. The van der Waals surface area contributed by atoms with Crippen molar-refractivity contribution in [2.24, 2.45) is 16.0 Å². The van der Waals surface area contributed by atoms with Gasteiger partial charge in [0.2, 0.25) is 0 Å². The molecule has 0 bridgehead atoms. The van der Waals surface area contributed by atoms with Crippen molar-refractivity contribution in [3.63, 3.8) is 0 Å². The third kappa shape index (κ3) is 2.52. The van der Waals surface area contributed by atoms with Crippen LogP contribution in [0.1, 0.15) is 5.56 Å². The van der Waals surface area contributed by atoms with Crippen LogP contribution in [-0.2, 0) is 0 Å². The Hall–Kier alpha value is -2.69. The summed E-state index contributed by atoms with van der Waals surface area (Å²) >= 11 is 0. The molecule has 0 fully saturated rings. The van der Waals surface area contributed by atoms with E-state index in [1.165, 1.54) is 0 Å². The van der Waals surface area contributed by atoms with Crippen molar-refractivity contribution >= 4 is 12.6 Å². The van der Waals surface area contributed by atoms with E-state index in [1.54, 1.807) is 6.20 Å². The predicted octanol–water partition coefficient (Wildman–Crippen LogP) is 1.57. The second-order valence-corrected chi connectivity index (χ2v) is 3.54. The topological polar surface area (TPSA) is 75.7 Å². The maximum Gasteiger partial charge on any atom is 0.173 e. The molecule has 0 radical (unpaired) electrons. The molecule has 1 heterocycles. The van der Waals surface area contributed by atoms with Crippen molar-refractivity contribution in [1.82, 2.24) is 10.4 Å². The molecule has 90 valence electrons. The summed E-state index contributed by atoms with van der Waals surface area (Å²) in [7, 11) is 0. The summed E-state index contributed by atoms with van der Waals surface area (Å²) in [5.74, 6) is 5.74. The minimum atomic E-state index is 0.470. The molecule has 0 spiro atoms. The normalized spacial score (nSPS) is 11.0. The van der Waals surface area contributed by atoms with E-state index in [-0.39, 0.29) is 0 Å². The summed E-state index contributed by atoms with van der Waals surface area (Å²) < 4.78 is 0. The fraction of sp³-hybridized carbons (Fsp3) is 0. The Labute approximate surface area is 105 Å². The third-order valence-electron chi connectivity index (χ3n) is 2.43. The molecule has 0 amide bonds. The Morgan fingerprint density at radius 2 is 1.94 bits per heavy atom. The van der Waals surface area contributed by atoms with Crippen LogP contribution in [0.5, 0.6) is 0 Å². The van der Waals surface area contributed by atoms with Crippen LogP contribution in [0.4, 0.5) is 0 Å². The summed E-state index contributed by atoms with van der Waals surface area (Å²) in [4.78, 5) is 4.28. The molecule has 0 unspecified atom stereocenters. The summed E-state index contributed by atoms with van der Waals surface area (Å²) in [6.07, 6.45) is 1.76. The van der Waals surface area contributed by atoms with Gasteiger partial charge in [0.1, 0.15) is 0 Å². The molecular formula is C13H13N5. The average Bonchev–Trinajstić information content (AvgIpc) is 2.46. The van der Waals surface area contributed by atoms with E-state index >= 15 is 0 Å². The van der Waals surface area contributed by atoms with Crippen LogP contribution >= 0.6 is 0 Å². The van der Waals surface area contributed by atoms with Crippen LogP contribution < -0.4 is 11.3 Å². The van der Waals surface area contributed by atoms with E-state index in [0.29, 0.717) is 5.84 Å². The Balaban J connectivity index is 2.28. The third-order valence-corrected chi connectivity index (χ3v) is 2.43. The van der Waals surface area contributed by atoms with Crippen LogP contribution in [0.25, 0.3) is 11.3 Å². The lowest BCUT2D eigenvalue weighted by molar-refractivity contribution is 1.02. The number of pyridine rings is 1. The van der Waals surface area contributed by atoms with Gasteiger partial charge in [0.05, 0.1) is 5.69 Å². The van der Waals surface area contributed by atoms with Crippen molar-refractivity contribution in [1.29, 1.82) is 0 Å². The van der Waals surface area contributed by atoms with Crippen molar-refractivity contribution in [2.45, 2.75) is 0 Å². The molecule has 5 heteroatoms. The van der Waals surface area contributed by atoms with E-state index in [1.807, 2.05) is 42.5 Å². The van der Waals surface area contributed by atoms with Gasteiger partial charge in [-0.15, -0.1) is 0 Å². The molecule has 18 heavy (non-hydrogen) atoms. The van der Waals surface area contributed by atoms with Gasteiger partial charge in [0.25, 0.3) is 0 Å². The largest absolute Gasteiger partial charge is 0.321 e. The Morgan fingerprint density at radius 1 is 1.17 bits per heavy atom. The van der Waals surface area contributed by atoms with Gasteiger partial charge in [0, 0.05) is 24.0 Å². The number of hydrogen-bond donors (Lipinski definition) is 2. The van der Waals surface area contributed by atoms with E-state index in [4.69, 9.17) is 5.84 Å². The monoisotopic (exact) mass is 239 g/mol. The highest BCUT2D eigenvalue weighted by Gasteiger charge is 2.03. The molecule has 0 aliphatic heterocycles. The quantitative estimate of drug-likeness (QED) is 0.369. The highest BCUT2D eigenvalue weighted by Crippen LogP contribution is 2.16. The maximum atomic E-state index is 5.27. The van der Waals surface area contributed by atoms with Gasteiger partial charge in [-0.2, -0.15) is 10.2 Å². The number of hydrazone groups is 2. The Kier molecular flexibility index (Phi) is 3.66. The van der Waals surface area contributed by atoms with Crippen molar-refractivity contribution in [2.75, 3.05) is 0 Å². The van der Waals surface area contributed by atoms with Gasteiger partial charge >= 0.3 is 0 Å². The number of amidine groups is 1. The number of rotatable bonds is 3. The zero-order valence-corrected chi connectivity index (χ0v) is 9.74. The summed E-state index contributed by atoms with van der Waals surface area (Å²) in [5, 5.41) is 7.15. The molecule has 0 atom stereocenters. The molecule has 0 saturated carbocycles. The smallest absolute Gasteiger partial charge is 0.173 e. The Bertz CT molecular complexity index is 545. The van der Waals surface area contributed by atoms with Crippen molar-refractivity contribution in [3.8, 4) is 11.3 Å². The molecule has 5 nitrogen and oxygen atoms in total. The van der Waals surface area contributed by atoms with Gasteiger partial charge < -0.3 is 5.84 Å². The number of nitrogens with zero attached hydrogens (tertiary/aromatic N) is 3. The zero-order valence-electron chi connectivity index (χ0n) is 9.74. The number of aromatic nitrogens is 1. The summed E-state index contributed by atoms with van der Waals surface area (Å²) in [6.45, 7) is 3.33. The number of hydrogen-bond acceptors (Lipinski definition) is 4. The average molecular weight is 239 g/mol. The molecule has 1 aromatic heterocycles. The van der Waals surface area contributed by atoms with E-state index in [9.17, 15) is 0 Å². The van der Waals surface area contributed by atoms with Crippen molar-refractivity contribution in [3.05, 3.63) is 54.2 Å².